The number of anilines is 2. The van der Waals surface area contributed by atoms with Gasteiger partial charge in [0.1, 0.15) is 24.5 Å². The fraction of sp³-hybridized carbons (Fsp3) is 0.737. The number of fused-ring (bicyclic) bond motifs is 1. The highest BCUT2D eigenvalue weighted by atomic mass is 35.5. The van der Waals surface area contributed by atoms with E-state index in [0.717, 1.165) is 37.9 Å². The zero-order chi connectivity index (χ0) is 21.3. The zero-order valence-corrected chi connectivity index (χ0v) is 18.4. The van der Waals surface area contributed by atoms with Crippen LogP contribution in [0.2, 0.25) is 5.15 Å². The van der Waals surface area contributed by atoms with E-state index >= 15 is 0 Å². The Morgan fingerprint density at radius 1 is 1.37 bits per heavy atom. The maximum Gasteiger partial charge on any atom is 0.329 e. The van der Waals surface area contributed by atoms with E-state index in [2.05, 4.69) is 22.2 Å². The Morgan fingerprint density at radius 2 is 2.10 bits per heavy atom. The van der Waals surface area contributed by atoms with E-state index in [9.17, 15) is 4.79 Å². The summed E-state index contributed by atoms with van der Waals surface area (Å²) in [5.41, 5.74) is 6.41. The Morgan fingerprint density at radius 3 is 2.80 bits per heavy atom. The smallest absolute Gasteiger partial charge is 0.329 e. The van der Waals surface area contributed by atoms with Crippen molar-refractivity contribution in [2.24, 2.45) is 0 Å². The minimum Gasteiger partial charge on any atom is -0.480 e. The normalized spacial score (nSPS) is 29.4. The molecule has 1 saturated heterocycles. The quantitative estimate of drug-likeness (QED) is 0.303. The van der Waals surface area contributed by atoms with Crippen LogP contribution in [0.3, 0.4) is 0 Å². The van der Waals surface area contributed by atoms with Crippen LogP contribution in [0.1, 0.15) is 45.4 Å². The molecule has 11 heteroatoms. The summed E-state index contributed by atoms with van der Waals surface area (Å²) >= 11 is 7.74. The Balaban J connectivity index is 1.54. The van der Waals surface area contributed by atoms with Crippen molar-refractivity contribution in [3.63, 3.8) is 0 Å². The molecule has 4 atom stereocenters. The van der Waals surface area contributed by atoms with E-state index in [1.165, 1.54) is 11.8 Å². The van der Waals surface area contributed by atoms with Crippen molar-refractivity contribution in [1.29, 1.82) is 0 Å². The lowest BCUT2D eigenvalue weighted by molar-refractivity contribution is -0.188. The number of aliphatic carboxylic acids is 1. The molecule has 0 aromatic carbocycles. The first-order chi connectivity index (χ1) is 14.4. The number of halogens is 1. The summed E-state index contributed by atoms with van der Waals surface area (Å²) in [6, 6.07) is -0.203. The number of carboxylic acid groups (broad SMARTS) is 1. The second-order valence-electron chi connectivity index (χ2n) is 7.92. The van der Waals surface area contributed by atoms with Gasteiger partial charge in [-0.05, 0) is 25.7 Å². The molecule has 1 aliphatic heterocycles. The third-order valence-electron chi connectivity index (χ3n) is 5.70. The molecule has 1 aromatic heterocycles. The summed E-state index contributed by atoms with van der Waals surface area (Å²) in [7, 11) is 0. The molecule has 4 N–H and O–H groups in total. The van der Waals surface area contributed by atoms with Gasteiger partial charge >= 0.3 is 5.97 Å². The number of nitrogen functional groups attached to an aromatic ring is 1. The number of aromatic nitrogens is 2. The molecule has 4 rings (SSSR count). The Bertz CT molecular complexity index is 794. The van der Waals surface area contributed by atoms with Gasteiger partial charge in [0.25, 0.3) is 0 Å². The monoisotopic (exact) mass is 458 g/mol. The molecule has 2 saturated carbocycles. The minimum atomic E-state index is -1.01. The molecule has 1 spiro atoms. The Hall–Kier alpha value is -1.33. The fourth-order valence-electron chi connectivity index (χ4n) is 4.37. The van der Waals surface area contributed by atoms with E-state index in [1.54, 1.807) is 0 Å². The van der Waals surface area contributed by atoms with Gasteiger partial charge in [-0.3, -0.25) is 0 Å². The Labute approximate surface area is 184 Å². The summed E-state index contributed by atoms with van der Waals surface area (Å²) in [6.45, 7) is 1.70. The van der Waals surface area contributed by atoms with Gasteiger partial charge in [0, 0.05) is 18.6 Å². The summed E-state index contributed by atoms with van der Waals surface area (Å²) < 4.78 is 18.3. The zero-order valence-electron chi connectivity index (χ0n) is 16.8. The molecule has 0 amide bonds. The molecular formula is C19H27ClN4O5S. The number of hydrogen-bond donors (Lipinski definition) is 3. The van der Waals surface area contributed by atoms with Gasteiger partial charge in [0.05, 0.1) is 12.1 Å². The lowest BCUT2D eigenvalue weighted by Gasteiger charge is -2.27. The fourth-order valence-corrected chi connectivity index (χ4v) is 5.29. The van der Waals surface area contributed by atoms with Crippen LogP contribution < -0.4 is 11.1 Å². The molecule has 2 aliphatic carbocycles. The number of carboxylic acids is 1. The maximum atomic E-state index is 11.0. The number of ether oxygens (including phenoxy) is 3. The van der Waals surface area contributed by atoms with Gasteiger partial charge in [0.15, 0.2) is 21.9 Å². The summed E-state index contributed by atoms with van der Waals surface area (Å²) in [5, 5.41) is 13.1. The first-order valence-electron chi connectivity index (χ1n) is 10.3. The van der Waals surface area contributed by atoms with Crippen molar-refractivity contribution in [3.05, 3.63) is 5.15 Å². The van der Waals surface area contributed by atoms with Gasteiger partial charge in [-0.1, -0.05) is 30.3 Å². The molecule has 30 heavy (non-hydrogen) atoms. The number of rotatable bonds is 8. The number of thioether (sulfide) groups is 1. The van der Waals surface area contributed by atoms with Crippen LogP contribution in [0.4, 0.5) is 11.5 Å². The first-order valence-corrected chi connectivity index (χ1v) is 11.7. The molecule has 0 bridgehead atoms. The number of nitrogens with two attached hydrogens (primary N) is 1. The largest absolute Gasteiger partial charge is 0.480 e. The van der Waals surface area contributed by atoms with Crippen molar-refractivity contribution in [1.82, 2.24) is 9.97 Å². The van der Waals surface area contributed by atoms with Gasteiger partial charge in [-0.2, -0.15) is 0 Å². The molecule has 9 nitrogen and oxygen atoms in total. The number of nitrogens with one attached hydrogen (secondary N) is 1. The number of carbonyl (C=O) groups is 1. The van der Waals surface area contributed by atoms with Crippen LogP contribution in [0.15, 0.2) is 5.16 Å². The summed E-state index contributed by atoms with van der Waals surface area (Å²) in [4.78, 5) is 19.8. The first kappa shape index (κ1) is 21.9. The average Bonchev–Trinajstić information content (AvgIpc) is 3.40. The minimum absolute atomic E-state index is 0.203. The van der Waals surface area contributed by atoms with Gasteiger partial charge in [-0.25, -0.2) is 14.8 Å². The van der Waals surface area contributed by atoms with E-state index in [4.69, 9.17) is 36.7 Å². The second kappa shape index (κ2) is 9.04. The lowest BCUT2D eigenvalue weighted by Crippen LogP contribution is -2.35. The van der Waals surface area contributed by atoms with Crippen LogP contribution in [0.25, 0.3) is 0 Å². The van der Waals surface area contributed by atoms with Crippen LogP contribution >= 0.6 is 23.4 Å². The van der Waals surface area contributed by atoms with E-state index in [-0.39, 0.29) is 35.7 Å². The van der Waals surface area contributed by atoms with Crippen molar-refractivity contribution in [2.75, 3.05) is 23.4 Å². The molecule has 166 valence electrons. The SMILES string of the molecule is CCCSc1nc(Cl)c(N)c(NC2CC(OCC(=O)O)C3OC4(CCCC4)OC23)n1. The van der Waals surface area contributed by atoms with Crippen molar-refractivity contribution in [3.8, 4) is 0 Å². The molecule has 0 radical (unpaired) electrons. The highest BCUT2D eigenvalue weighted by Gasteiger charge is 2.58. The van der Waals surface area contributed by atoms with E-state index in [1.807, 2.05) is 0 Å². The number of nitrogens with zero attached hydrogens (tertiary/aromatic N) is 2. The van der Waals surface area contributed by atoms with Gasteiger partial charge in [-0.15, -0.1) is 0 Å². The van der Waals surface area contributed by atoms with Crippen LogP contribution in [-0.2, 0) is 19.0 Å². The summed E-state index contributed by atoms with van der Waals surface area (Å²) in [5.74, 6) is -0.287. The molecule has 1 aromatic rings. The molecule has 3 aliphatic rings. The standard InChI is InChI=1S/C19H27ClN4O5S/c1-2-7-30-18-23-16(20)13(21)17(24-18)22-10-8-11(27-9-12(25)26)15-14(10)28-19(29-15)5-3-4-6-19/h10-11,14-15H,2-9,21H2,1H3,(H,25,26)(H,22,23,24). The highest BCUT2D eigenvalue weighted by molar-refractivity contribution is 7.99. The predicted molar refractivity (Wildman–Crippen MR) is 113 cm³/mol. The molecule has 4 unspecified atom stereocenters. The van der Waals surface area contributed by atoms with Crippen molar-refractivity contribution < 1.29 is 24.1 Å². The van der Waals surface area contributed by atoms with E-state index < -0.39 is 17.9 Å². The maximum absolute atomic E-state index is 11.0. The third kappa shape index (κ3) is 4.47. The van der Waals surface area contributed by atoms with Crippen molar-refractivity contribution >= 4 is 40.8 Å². The third-order valence-corrected chi connectivity index (χ3v) is 7.04. The average molecular weight is 459 g/mol. The lowest BCUT2D eigenvalue weighted by atomic mass is 10.2. The van der Waals surface area contributed by atoms with E-state index in [0.29, 0.717) is 17.4 Å². The molecule has 2 heterocycles. The predicted octanol–water partition coefficient (Wildman–Crippen LogP) is 2.92. The van der Waals surface area contributed by atoms with Crippen molar-refractivity contribution in [2.45, 2.75) is 80.7 Å². The highest BCUT2D eigenvalue weighted by Crippen LogP contribution is 2.48. The van der Waals surface area contributed by atoms with Gasteiger partial charge in [0.2, 0.25) is 0 Å². The van der Waals surface area contributed by atoms with Crippen LogP contribution in [0, 0.1) is 0 Å². The summed E-state index contributed by atoms with van der Waals surface area (Å²) in [6.07, 6.45) is 4.23. The van der Waals surface area contributed by atoms with Gasteiger partial charge < -0.3 is 30.4 Å². The van der Waals surface area contributed by atoms with Crippen LogP contribution in [0.5, 0.6) is 0 Å². The number of hydrogen-bond acceptors (Lipinski definition) is 9. The second-order valence-corrected chi connectivity index (χ2v) is 9.34. The van der Waals surface area contributed by atoms with Crippen LogP contribution in [-0.4, -0.2) is 63.5 Å². The molecule has 3 fully saturated rings. The molecular weight excluding hydrogens is 432 g/mol. The topological polar surface area (TPSA) is 129 Å². The Kier molecular flexibility index (Phi) is 6.59.